The summed E-state index contributed by atoms with van der Waals surface area (Å²) in [6.07, 6.45) is 2.08. The maximum Gasteiger partial charge on any atom is 0.219 e. The molecule has 1 heterocycles. The number of aryl methyl sites for hydroxylation is 2. The molecule has 1 rings (SSSR count). The molecule has 5 nitrogen and oxygen atoms in total. The van der Waals surface area contributed by atoms with Crippen LogP contribution in [-0.2, 0) is 11.3 Å². The molecule has 0 aromatic carbocycles. The van der Waals surface area contributed by atoms with Crippen molar-refractivity contribution in [3.05, 3.63) is 11.8 Å². The van der Waals surface area contributed by atoms with E-state index in [1.165, 1.54) is 0 Å². The number of aromatic nitrogens is 2. The first-order valence-electron chi connectivity index (χ1n) is 3.67. The first kappa shape index (κ1) is 8.58. The molecule has 5 heteroatoms. The number of amides is 1. The monoisotopic (exact) mass is 168 g/mol. The van der Waals surface area contributed by atoms with E-state index in [-0.39, 0.29) is 5.91 Å². The highest BCUT2D eigenvalue weighted by Crippen LogP contribution is 2.05. The van der Waals surface area contributed by atoms with Gasteiger partial charge in [-0.25, -0.2) is 0 Å². The molecule has 1 amide bonds. The minimum absolute atomic E-state index is 0.292. The van der Waals surface area contributed by atoms with E-state index in [9.17, 15) is 4.79 Å². The van der Waals surface area contributed by atoms with E-state index in [0.29, 0.717) is 18.8 Å². The molecule has 0 spiro atoms. The van der Waals surface area contributed by atoms with E-state index in [1.807, 2.05) is 6.92 Å². The number of nitrogens with two attached hydrogens (primary N) is 2. The second kappa shape index (κ2) is 3.25. The Bertz CT molecular complexity index is 272. The second-order valence-electron chi connectivity index (χ2n) is 2.68. The minimum atomic E-state index is -0.332. The summed E-state index contributed by atoms with van der Waals surface area (Å²) < 4.78 is 1.62. The molecule has 66 valence electrons. The van der Waals surface area contributed by atoms with Crippen LogP contribution in [0.15, 0.2) is 6.20 Å². The molecule has 0 atom stereocenters. The SMILES string of the molecule is Cc1cn(CCC(N)=O)nc1N. The van der Waals surface area contributed by atoms with Crippen LogP contribution >= 0.6 is 0 Å². The number of hydrogen-bond acceptors (Lipinski definition) is 3. The van der Waals surface area contributed by atoms with Gasteiger partial charge in [-0.1, -0.05) is 0 Å². The third-order valence-corrected chi connectivity index (χ3v) is 1.57. The van der Waals surface area contributed by atoms with Crippen molar-refractivity contribution in [1.82, 2.24) is 9.78 Å². The number of nitrogens with zero attached hydrogens (tertiary/aromatic N) is 2. The average molecular weight is 168 g/mol. The molecule has 0 unspecified atom stereocenters. The predicted molar refractivity (Wildman–Crippen MR) is 45.2 cm³/mol. The molecule has 1 aromatic heterocycles. The van der Waals surface area contributed by atoms with Gasteiger partial charge in [0.15, 0.2) is 0 Å². The number of primary amides is 1. The van der Waals surface area contributed by atoms with E-state index in [1.54, 1.807) is 10.9 Å². The Morgan fingerprint density at radius 3 is 2.83 bits per heavy atom. The van der Waals surface area contributed by atoms with Crippen LogP contribution in [-0.4, -0.2) is 15.7 Å². The number of anilines is 1. The number of carbonyl (C=O) groups is 1. The third-order valence-electron chi connectivity index (χ3n) is 1.57. The van der Waals surface area contributed by atoms with Crippen molar-refractivity contribution in [3.63, 3.8) is 0 Å². The zero-order chi connectivity index (χ0) is 9.14. The van der Waals surface area contributed by atoms with Gasteiger partial charge in [-0.3, -0.25) is 9.48 Å². The molecule has 0 saturated carbocycles. The molecular weight excluding hydrogens is 156 g/mol. The van der Waals surface area contributed by atoms with Gasteiger partial charge in [-0.2, -0.15) is 5.10 Å². The fourth-order valence-electron chi connectivity index (χ4n) is 0.875. The second-order valence-corrected chi connectivity index (χ2v) is 2.68. The summed E-state index contributed by atoms with van der Waals surface area (Å²) in [6, 6.07) is 0. The number of carbonyl (C=O) groups excluding carboxylic acids is 1. The van der Waals surface area contributed by atoms with Crippen molar-refractivity contribution in [1.29, 1.82) is 0 Å². The Balaban J connectivity index is 2.58. The lowest BCUT2D eigenvalue weighted by molar-refractivity contribution is -0.118. The standard InChI is InChI=1S/C7H12N4O/c1-5-4-11(10-7(5)9)3-2-6(8)12/h4H,2-3H2,1H3,(H2,8,12)(H2,9,10). The molecule has 0 saturated heterocycles. The largest absolute Gasteiger partial charge is 0.382 e. The van der Waals surface area contributed by atoms with Crippen LogP contribution in [0, 0.1) is 6.92 Å². The first-order chi connectivity index (χ1) is 5.59. The summed E-state index contributed by atoms with van der Waals surface area (Å²) in [4.78, 5) is 10.4. The molecule has 4 N–H and O–H groups in total. The van der Waals surface area contributed by atoms with Gasteiger partial charge in [0.2, 0.25) is 5.91 Å². The van der Waals surface area contributed by atoms with Crippen LogP contribution in [0.25, 0.3) is 0 Å². The minimum Gasteiger partial charge on any atom is -0.382 e. The zero-order valence-electron chi connectivity index (χ0n) is 6.95. The topological polar surface area (TPSA) is 86.9 Å². The van der Waals surface area contributed by atoms with Gasteiger partial charge in [-0.05, 0) is 6.92 Å². The lowest BCUT2D eigenvalue weighted by atomic mass is 10.4. The molecule has 1 aromatic rings. The summed E-state index contributed by atoms with van der Waals surface area (Å²) in [5, 5.41) is 3.97. The van der Waals surface area contributed by atoms with Crippen molar-refractivity contribution < 1.29 is 4.79 Å². The molecular formula is C7H12N4O. The molecule has 0 aliphatic rings. The zero-order valence-corrected chi connectivity index (χ0v) is 6.95. The van der Waals surface area contributed by atoms with Gasteiger partial charge in [0, 0.05) is 24.7 Å². The van der Waals surface area contributed by atoms with E-state index in [2.05, 4.69) is 5.10 Å². The highest BCUT2D eigenvalue weighted by Gasteiger charge is 2.01. The smallest absolute Gasteiger partial charge is 0.219 e. The van der Waals surface area contributed by atoms with Crippen LogP contribution in [0.4, 0.5) is 5.82 Å². The van der Waals surface area contributed by atoms with Crippen LogP contribution in [0.5, 0.6) is 0 Å². The third kappa shape index (κ3) is 1.98. The van der Waals surface area contributed by atoms with Gasteiger partial charge in [-0.15, -0.1) is 0 Å². The van der Waals surface area contributed by atoms with E-state index in [4.69, 9.17) is 11.5 Å². The van der Waals surface area contributed by atoms with Gasteiger partial charge in [0.05, 0.1) is 0 Å². The van der Waals surface area contributed by atoms with Crippen molar-refractivity contribution in [3.8, 4) is 0 Å². The highest BCUT2D eigenvalue weighted by molar-refractivity contribution is 5.73. The summed E-state index contributed by atoms with van der Waals surface area (Å²) in [5.74, 6) is 0.168. The Morgan fingerprint density at radius 2 is 2.42 bits per heavy atom. The number of rotatable bonds is 3. The molecule has 0 bridgehead atoms. The highest BCUT2D eigenvalue weighted by atomic mass is 16.1. The molecule has 0 radical (unpaired) electrons. The molecule has 12 heavy (non-hydrogen) atoms. The Morgan fingerprint density at radius 1 is 1.75 bits per heavy atom. The molecule has 0 fully saturated rings. The summed E-state index contributed by atoms with van der Waals surface area (Å²) in [7, 11) is 0. The van der Waals surface area contributed by atoms with E-state index >= 15 is 0 Å². The van der Waals surface area contributed by atoms with Gasteiger partial charge < -0.3 is 11.5 Å². The van der Waals surface area contributed by atoms with Gasteiger partial charge >= 0.3 is 0 Å². The Kier molecular flexibility index (Phi) is 2.32. The maximum absolute atomic E-state index is 10.4. The predicted octanol–water partition coefficient (Wildman–Crippen LogP) is -0.351. The van der Waals surface area contributed by atoms with Crippen LogP contribution in [0.1, 0.15) is 12.0 Å². The Hall–Kier alpha value is -1.52. The van der Waals surface area contributed by atoms with Crippen LogP contribution in [0.3, 0.4) is 0 Å². The summed E-state index contributed by atoms with van der Waals surface area (Å²) in [6.45, 7) is 2.36. The van der Waals surface area contributed by atoms with Crippen molar-refractivity contribution in [2.24, 2.45) is 5.73 Å². The number of nitrogen functional groups attached to an aromatic ring is 1. The van der Waals surface area contributed by atoms with Gasteiger partial charge in [0.25, 0.3) is 0 Å². The van der Waals surface area contributed by atoms with Gasteiger partial charge in [0.1, 0.15) is 5.82 Å². The van der Waals surface area contributed by atoms with Crippen LogP contribution < -0.4 is 11.5 Å². The normalized spacial score (nSPS) is 10.1. The fourth-order valence-corrected chi connectivity index (χ4v) is 0.875. The maximum atomic E-state index is 10.4. The van der Waals surface area contributed by atoms with Crippen molar-refractivity contribution in [2.75, 3.05) is 5.73 Å². The molecule has 0 aliphatic heterocycles. The summed E-state index contributed by atoms with van der Waals surface area (Å²) in [5.41, 5.74) is 11.4. The lowest BCUT2D eigenvalue weighted by Gasteiger charge is -1.96. The van der Waals surface area contributed by atoms with Crippen LogP contribution in [0.2, 0.25) is 0 Å². The average Bonchev–Trinajstić information content (AvgIpc) is 2.28. The van der Waals surface area contributed by atoms with Crippen molar-refractivity contribution in [2.45, 2.75) is 19.9 Å². The molecule has 0 aliphatic carbocycles. The quantitative estimate of drug-likeness (QED) is 0.646. The summed E-state index contributed by atoms with van der Waals surface area (Å²) >= 11 is 0. The Labute approximate surface area is 70.3 Å². The first-order valence-corrected chi connectivity index (χ1v) is 3.67. The van der Waals surface area contributed by atoms with E-state index in [0.717, 1.165) is 5.56 Å². The van der Waals surface area contributed by atoms with E-state index < -0.39 is 0 Å². The lowest BCUT2D eigenvalue weighted by Crippen LogP contribution is -2.14. The number of hydrogen-bond donors (Lipinski definition) is 2. The fraction of sp³-hybridized carbons (Fsp3) is 0.429. The van der Waals surface area contributed by atoms with Crippen molar-refractivity contribution >= 4 is 11.7 Å².